The van der Waals surface area contributed by atoms with E-state index in [0.717, 1.165) is 16.5 Å². The second kappa shape index (κ2) is 5.93. The fourth-order valence-electron chi connectivity index (χ4n) is 4.09. The molecule has 140 valence electrons. The molecule has 28 heavy (non-hydrogen) atoms. The van der Waals surface area contributed by atoms with Crippen molar-refractivity contribution >= 4 is 41.3 Å². The summed E-state index contributed by atoms with van der Waals surface area (Å²) in [6, 6.07) is 11.0. The van der Waals surface area contributed by atoms with E-state index in [0.29, 0.717) is 11.3 Å². The minimum Gasteiger partial charge on any atom is -0.344 e. The third-order valence-electron chi connectivity index (χ3n) is 5.44. The van der Waals surface area contributed by atoms with Crippen molar-refractivity contribution < 1.29 is 14.4 Å². The van der Waals surface area contributed by atoms with Crippen LogP contribution in [-0.2, 0) is 22.6 Å². The van der Waals surface area contributed by atoms with Crippen LogP contribution in [0.5, 0.6) is 0 Å². The molecule has 1 fully saturated rings. The van der Waals surface area contributed by atoms with Crippen LogP contribution in [0, 0.1) is 0 Å². The summed E-state index contributed by atoms with van der Waals surface area (Å²) in [5.41, 5.74) is 2.77. The number of carbonyl (C=O) groups is 3. The van der Waals surface area contributed by atoms with Crippen molar-refractivity contribution in [1.29, 1.82) is 0 Å². The Kier molecular flexibility index (Phi) is 3.60. The van der Waals surface area contributed by atoms with Crippen molar-refractivity contribution in [3.8, 4) is 0 Å². The van der Waals surface area contributed by atoms with Gasteiger partial charge in [0.1, 0.15) is 0 Å². The molecule has 8 heteroatoms. The van der Waals surface area contributed by atoms with E-state index in [4.69, 9.17) is 0 Å². The zero-order valence-corrected chi connectivity index (χ0v) is 15.6. The Morgan fingerprint density at radius 2 is 2.00 bits per heavy atom. The summed E-state index contributed by atoms with van der Waals surface area (Å²) < 4.78 is 1.63. The molecule has 2 aliphatic heterocycles. The molecule has 0 spiro atoms. The van der Waals surface area contributed by atoms with Crippen LogP contribution in [0.3, 0.4) is 0 Å². The molecule has 7 nitrogen and oxygen atoms in total. The Labute approximate surface area is 165 Å². The molecule has 0 saturated carbocycles. The van der Waals surface area contributed by atoms with E-state index >= 15 is 0 Å². The van der Waals surface area contributed by atoms with Crippen LogP contribution in [0.25, 0.3) is 10.9 Å². The smallest absolute Gasteiger partial charge is 0.264 e. The Hall–Kier alpha value is -3.13. The highest BCUT2D eigenvalue weighted by Gasteiger charge is 2.51. The number of hydrogen-bond donors (Lipinski definition) is 2. The molecular weight excluding hydrogens is 376 g/mol. The number of amides is 2. The number of nitrogens with one attached hydrogen (secondary N) is 1. The Bertz CT molecular complexity index is 1160. The van der Waals surface area contributed by atoms with E-state index in [1.54, 1.807) is 22.9 Å². The van der Waals surface area contributed by atoms with Gasteiger partial charge in [-0.1, -0.05) is 18.2 Å². The summed E-state index contributed by atoms with van der Waals surface area (Å²) in [5.74, 6) is -0.728. The van der Waals surface area contributed by atoms with Crippen molar-refractivity contribution in [1.82, 2.24) is 19.8 Å². The topological polar surface area (TPSA) is 84.3 Å². The quantitative estimate of drug-likeness (QED) is 0.613. The first-order valence-corrected chi connectivity index (χ1v) is 9.32. The average molecular weight is 392 g/mol. The fraction of sp³-hybridized carbons (Fsp3) is 0.200. The molecule has 2 aromatic heterocycles. The van der Waals surface area contributed by atoms with Crippen molar-refractivity contribution in [2.75, 3.05) is 6.54 Å². The zero-order chi connectivity index (χ0) is 19.5. The summed E-state index contributed by atoms with van der Waals surface area (Å²) >= 11 is 4.60. The summed E-state index contributed by atoms with van der Waals surface area (Å²) in [7, 11) is 0. The first kappa shape index (κ1) is 17.0. The highest BCUT2D eigenvalue weighted by molar-refractivity contribution is 7.82. The molecule has 1 saturated heterocycles. The number of rotatable bonds is 1. The molecule has 0 radical (unpaired) electrons. The lowest BCUT2D eigenvalue weighted by Gasteiger charge is -2.45. The first-order chi connectivity index (χ1) is 13.5. The van der Waals surface area contributed by atoms with Crippen LogP contribution in [-0.4, -0.2) is 43.6 Å². The zero-order valence-electron chi connectivity index (χ0n) is 14.8. The number of nitrogens with zero attached hydrogens (tertiary/aromatic N) is 3. The molecular formula is C20H16N4O3S. The molecule has 1 aromatic carbocycles. The van der Waals surface area contributed by atoms with Gasteiger partial charge in [0.2, 0.25) is 5.91 Å². The number of thiol groups is 1. The lowest BCUT2D eigenvalue weighted by Crippen LogP contribution is -2.66. The number of piperazine rings is 1. The molecule has 1 atom stereocenters. The predicted octanol–water partition coefficient (Wildman–Crippen LogP) is 1.37. The maximum absolute atomic E-state index is 13.3. The lowest BCUT2D eigenvalue weighted by molar-refractivity contribution is -0.149. The minimum absolute atomic E-state index is 0.0622. The standard InChI is InChI=1S/C20H16N4O3S/c25-17-10-22-19(27)20(28)8-14-13-5-1-2-6-15(13)24(16(14)11-23(17)20)18(26)12-4-3-7-21-9-12/h1-7,9,28H,8,10-11H2,(H,22,27)/t20-/m0/s1. The molecule has 0 bridgehead atoms. The molecule has 5 rings (SSSR count). The largest absolute Gasteiger partial charge is 0.344 e. The fourth-order valence-corrected chi connectivity index (χ4v) is 4.51. The van der Waals surface area contributed by atoms with Gasteiger partial charge in [-0.05, 0) is 23.8 Å². The molecule has 4 heterocycles. The van der Waals surface area contributed by atoms with E-state index in [1.807, 2.05) is 24.3 Å². The third-order valence-corrected chi connectivity index (χ3v) is 6.05. The molecule has 0 unspecified atom stereocenters. The molecule has 2 aliphatic rings. The first-order valence-electron chi connectivity index (χ1n) is 8.88. The van der Waals surface area contributed by atoms with Gasteiger partial charge < -0.3 is 10.2 Å². The number of fused-ring (bicyclic) bond motifs is 4. The third kappa shape index (κ3) is 2.24. The number of aromatic nitrogens is 2. The second-order valence-corrected chi connectivity index (χ2v) is 7.72. The monoisotopic (exact) mass is 392 g/mol. The Balaban J connectivity index is 1.75. The van der Waals surface area contributed by atoms with E-state index in [1.165, 1.54) is 11.1 Å². The second-order valence-electron chi connectivity index (χ2n) is 6.98. The van der Waals surface area contributed by atoms with Crippen LogP contribution in [0.15, 0.2) is 48.8 Å². The van der Waals surface area contributed by atoms with Gasteiger partial charge in [0.25, 0.3) is 11.8 Å². The van der Waals surface area contributed by atoms with Gasteiger partial charge in [-0.15, -0.1) is 12.6 Å². The number of carbonyl (C=O) groups excluding carboxylic acids is 3. The van der Waals surface area contributed by atoms with Crippen molar-refractivity contribution in [3.63, 3.8) is 0 Å². The average Bonchev–Trinajstić information content (AvgIpc) is 3.03. The maximum atomic E-state index is 13.3. The Morgan fingerprint density at radius 1 is 1.18 bits per heavy atom. The lowest BCUT2D eigenvalue weighted by atomic mass is 9.93. The SMILES string of the molecule is O=C1CNC(=O)[C@@]2(S)Cc3c(n(C(=O)c4cccnc4)c4ccccc34)CN12. The molecule has 3 aromatic rings. The molecule has 1 N–H and O–H groups in total. The van der Waals surface area contributed by atoms with Crippen LogP contribution < -0.4 is 5.32 Å². The normalized spacial score (nSPS) is 21.2. The van der Waals surface area contributed by atoms with Gasteiger partial charge in [0, 0.05) is 29.9 Å². The summed E-state index contributed by atoms with van der Waals surface area (Å²) in [5, 5.41) is 3.50. The van der Waals surface area contributed by atoms with Gasteiger partial charge in [-0.25, -0.2) is 0 Å². The number of benzene rings is 1. The highest BCUT2D eigenvalue weighted by atomic mass is 32.1. The van der Waals surface area contributed by atoms with E-state index in [9.17, 15) is 14.4 Å². The van der Waals surface area contributed by atoms with Crippen molar-refractivity contribution in [2.24, 2.45) is 0 Å². The van der Waals surface area contributed by atoms with Crippen molar-refractivity contribution in [3.05, 3.63) is 65.6 Å². The summed E-state index contributed by atoms with van der Waals surface area (Å²) in [6.45, 7) is 0.0824. The van der Waals surface area contributed by atoms with E-state index < -0.39 is 4.87 Å². The number of pyridine rings is 1. The Morgan fingerprint density at radius 3 is 2.79 bits per heavy atom. The summed E-state index contributed by atoms with van der Waals surface area (Å²) in [6.07, 6.45) is 3.37. The maximum Gasteiger partial charge on any atom is 0.264 e. The minimum atomic E-state index is -1.26. The molecule has 2 amide bonds. The van der Waals surface area contributed by atoms with Gasteiger partial charge in [0.15, 0.2) is 4.87 Å². The van der Waals surface area contributed by atoms with E-state index in [-0.39, 0.29) is 37.2 Å². The van der Waals surface area contributed by atoms with Crippen LogP contribution >= 0.6 is 12.6 Å². The van der Waals surface area contributed by atoms with Crippen LogP contribution in [0.1, 0.15) is 21.6 Å². The summed E-state index contributed by atoms with van der Waals surface area (Å²) in [4.78, 5) is 42.6. The molecule has 0 aliphatic carbocycles. The highest BCUT2D eigenvalue weighted by Crippen LogP contribution is 2.40. The predicted molar refractivity (Wildman–Crippen MR) is 105 cm³/mol. The van der Waals surface area contributed by atoms with Gasteiger partial charge in [-0.3, -0.25) is 23.9 Å². The van der Waals surface area contributed by atoms with Crippen LogP contribution in [0.4, 0.5) is 0 Å². The van der Waals surface area contributed by atoms with Gasteiger partial charge in [-0.2, -0.15) is 0 Å². The van der Waals surface area contributed by atoms with E-state index in [2.05, 4.69) is 22.9 Å². The van der Waals surface area contributed by atoms with Crippen molar-refractivity contribution in [2.45, 2.75) is 17.8 Å². The number of para-hydroxylation sites is 1. The van der Waals surface area contributed by atoms with Gasteiger partial charge >= 0.3 is 0 Å². The van der Waals surface area contributed by atoms with Gasteiger partial charge in [0.05, 0.1) is 24.2 Å². The van der Waals surface area contributed by atoms with Crippen LogP contribution in [0.2, 0.25) is 0 Å². The number of hydrogen-bond acceptors (Lipinski definition) is 5.